The minimum atomic E-state index is -3.87. The van der Waals surface area contributed by atoms with Gasteiger partial charge in [-0.05, 0) is 42.0 Å². The number of imide groups is 1. The second-order valence-corrected chi connectivity index (χ2v) is 10.6. The fourth-order valence-corrected chi connectivity index (χ4v) is 6.16. The first kappa shape index (κ1) is 23.4. The van der Waals surface area contributed by atoms with E-state index < -0.39 is 10.0 Å². The monoisotopic (exact) mass is 470 g/mol. The third-order valence-corrected chi connectivity index (χ3v) is 8.18. The van der Waals surface area contributed by atoms with E-state index in [9.17, 15) is 18.0 Å². The second kappa shape index (κ2) is 9.65. The zero-order chi connectivity index (χ0) is 23.6. The molecule has 0 aromatic heterocycles. The van der Waals surface area contributed by atoms with Crippen molar-refractivity contribution in [3.63, 3.8) is 0 Å². The summed E-state index contributed by atoms with van der Waals surface area (Å²) >= 11 is 0. The van der Waals surface area contributed by atoms with Gasteiger partial charge in [0.1, 0.15) is 10.6 Å². The third kappa shape index (κ3) is 4.82. The Kier molecular flexibility index (Phi) is 6.86. The number of nitrogens with one attached hydrogen (secondary N) is 1. The average molecular weight is 471 g/mol. The van der Waals surface area contributed by atoms with Crippen molar-refractivity contribution in [3.05, 3.63) is 59.7 Å². The maximum Gasteiger partial charge on any atom is 0.244 e. The first-order valence-electron chi connectivity index (χ1n) is 11.4. The predicted octanol–water partition coefficient (Wildman–Crippen LogP) is 3.45. The Balaban J connectivity index is 1.53. The Labute approximate surface area is 195 Å². The molecule has 0 unspecified atom stereocenters. The normalized spacial score (nSPS) is 21.7. The van der Waals surface area contributed by atoms with Gasteiger partial charge >= 0.3 is 0 Å². The molecule has 7 nitrogen and oxygen atoms in total. The molecule has 1 saturated heterocycles. The lowest BCUT2D eigenvalue weighted by Crippen LogP contribution is -2.31. The summed E-state index contributed by atoms with van der Waals surface area (Å²) in [7, 11) is -2.46. The van der Waals surface area contributed by atoms with Crippen molar-refractivity contribution in [2.24, 2.45) is 11.8 Å². The summed E-state index contributed by atoms with van der Waals surface area (Å²) in [5, 5.41) is 0. The van der Waals surface area contributed by atoms with Crippen LogP contribution in [0, 0.1) is 11.8 Å². The van der Waals surface area contributed by atoms with Gasteiger partial charge in [0.25, 0.3) is 0 Å². The van der Waals surface area contributed by atoms with Crippen LogP contribution in [-0.2, 0) is 26.2 Å². The molecule has 3 atom stereocenters. The first-order chi connectivity index (χ1) is 15.8. The van der Waals surface area contributed by atoms with Crippen LogP contribution in [0.15, 0.2) is 53.4 Å². The van der Waals surface area contributed by atoms with E-state index in [1.54, 1.807) is 12.1 Å². The van der Waals surface area contributed by atoms with Crippen molar-refractivity contribution in [1.29, 1.82) is 0 Å². The van der Waals surface area contributed by atoms with Gasteiger partial charge in [-0.15, -0.1) is 0 Å². The average Bonchev–Trinajstić information content (AvgIpc) is 3.08. The fourth-order valence-electron chi connectivity index (χ4n) is 4.81. The highest BCUT2D eigenvalue weighted by atomic mass is 32.2. The highest BCUT2D eigenvalue weighted by Crippen LogP contribution is 2.39. The molecule has 176 valence electrons. The van der Waals surface area contributed by atoms with Crippen molar-refractivity contribution in [3.8, 4) is 5.75 Å². The summed E-state index contributed by atoms with van der Waals surface area (Å²) in [5.74, 6) is -0.535. The summed E-state index contributed by atoms with van der Waals surface area (Å²) in [4.78, 5) is 26.9. The Hall–Kier alpha value is -2.71. The summed E-state index contributed by atoms with van der Waals surface area (Å²) in [6, 6.07) is 14.4. The van der Waals surface area contributed by atoms with Gasteiger partial charge in [-0.25, -0.2) is 13.1 Å². The number of carbonyl (C=O) groups excluding carboxylic acids is 2. The molecule has 1 saturated carbocycles. The molecule has 1 N–H and O–H groups in total. The van der Waals surface area contributed by atoms with E-state index in [0.717, 1.165) is 31.2 Å². The highest BCUT2D eigenvalue weighted by Gasteiger charge is 2.47. The summed E-state index contributed by atoms with van der Waals surface area (Å²) in [5.41, 5.74) is 1.61. The van der Waals surface area contributed by atoms with Gasteiger partial charge in [0.15, 0.2) is 0 Å². The van der Waals surface area contributed by atoms with Crippen LogP contribution in [0.1, 0.15) is 49.7 Å². The van der Waals surface area contributed by atoms with Crippen LogP contribution in [0.25, 0.3) is 0 Å². The van der Waals surface area contributed by atoms with Crippen LogP contribution >= 0.6 is 0 Å². The molecular formula is C25H30N2O5S. The van der Waals surface area contributed by atoms with E-state index in [2.05, 4.69) is 4.72 Å². The van der Waals surface area contributed by atoms with E-state index in [1.807, 2.05) is 37.3 Å². The van der Waals surface area contributed by atoms with Gasteiger partial charge in [-0.2, -0.15) is 0 Å². The fraction of sp³-hybridized carbons (Fsp3) is 0.440. The Morgan fingerprint density at radius 2 is 1.67 bits per heavy atom. The van der Waals surface area contributed by atoms with Crippen LogP contribution in [0.2, 0.25) is 0 Å². The number of methoxy groups -OCH3 is 1. The lowest BCUT2D eigenvalue weighted by Gasteiger charge is -2.19. The summed E-state index contributed by atoms with van der Waals surface area (Å²) in [6.45, 7) is 2.25. The Morgan fingerprint density at radius 3 is 2.27 bits per heavy atom. The molecule has 33 heavy (non-hydrogen) atoms. The molecule has 2 aromatic carbocycles. The van der Waals surface area contributed by atoms with Gasteiger partial charge < -0.3 is 4.74 Å². The van der Waals surface area contributed by atoms with Crippen molar-refractivity contribution < 1.29 is 22.7 Å². The zero-order valence-corrected chi connectivity index (χ0v) is 19.8. The van der Waals surface area contributed by atoms with E-state index in [0.29, 0.717) is 5.56 Å². The van der Waals surface area contributed by atoms with Crippen LogP contribution in [0.4, 0.5) is 0 Å². The predicted molar refractivity (Wildman–Crippen MR) is 124 cm³/mol. The number of likely N-dealkylation sites (tertiary alicyclic amines) is 1. The Bertz CT molecular complexity index is 1110. The molecule has 1 heterocycles. The van der Waals surface area contributed by atoms with Crippen molar-refractivity contribution in [2.45, 2.75) is 50.0 Å². The first-order valence-corrected chi connectivity index (χ1v) is 12.9. The molecule has 8 heteroatoms. The number of carbonyl (C=O) groups is 2. The molecular weight excluding hydrogens is 440 g/mol. The van der Waals surface area contributed by atoms with E-state index in [-0.39, 0.29) is 53.3 Å². The van der Waals surface area contributed by atoms with Crippen LogP contribution in [0.5, 0.6) is 5.75 Å². The van der Waals surface area contributed by atoms with Crippen molar-refractivity contribution >= 4 is 21.8 Å². The van der Waals surface area contributed by atoms with Crippen molar-refractivity contribution in [1.82, 2.24) is 9.62 Å². The molecule has 1 aliphatic carbocycles. The van der Waals surface area contributed by atoms with Gasteiger partial charge in [-0.1, -0.05) is 56.2 Å². The lowest BCUT2D eigenvalue weighted by molar-refractivity contribution is -0.140. The topological polar surface area (TPSA) is 92.8 Å². The van der Waals surface area contributed by atoms with E-state index in [1.165, 1.54) is 18.1 Å². The van der Waals surface area contributed by atoms with Crippen LogP contribution in [-0.4, -0.2) is 38.8 Å². The van der Waals surface area contributed by atoms with Crippen molar-refractivity contribution in [2.75, 3.05) is 13.7 Å². The quantitative estimate of drug-likeness (QED) is 0.597. The number of amides is 2. The second-order valence-electron chi connectivity index (χ2n) is 8.91. The maximum atomic E-state index is 13.1. The number of sulfonamides is 1. The van der Waals surface area contributed by atoms with Crippen LogP contribution in [0.3, 0.4) is 0 Å². The third-order valence-electron chi connectivity index (χ3n) is 6.74. The molecule has 1 aliphatic heterocycles. The number of hydrogen-bond donors (Lipinski definition) is 1. The van der Waals surface area contributed by atoms with E-state index in [4.69, 9.17) is 4.74 Å². The summed E-state index contributed by atoms with van der Waals surface area (Å²) in [6.07, 6.45) is 3.42. The lowest BCUT2D eigenvalue weighted by atomic mass is 9.81. The van der Waals surface area contributed by atoms with Crippen LogP contribution < -0.4 is 9.46 Å². The SMILES string of the molecule is COc1ccc(CN2C(=O)[C@@H]3CCCC[C@H]3C2=O)cc1S(=O)(=O)NC[C@@H](C)c1ccccc1. The van der Waals surface area contributed by atoms with E-state index >= 15 is 0 Å². The number of rotatable bonds is 8. The molecule has 2 aliphatic rings. The molecule has 2 aromatic rings. The Morgan fingerprint density at radius 1 is 1.03 bits per heavy atom. The molecule has 0 bridgehead atoms. The highest BCUT2D eigenvalue weighted by molar-refractivity contribution is 7.89. The number of nitrogens with zero attached hydrogens (tertiary/aromatic N) is 1. The minimum absolute atomic E-state index is 0.000673. The maximum absolute atomic E-state index is 13.1. The van der Waals surface area contributed by atoms with Gasteiger partial charge in [0.2, 0.25) is 21.8 Å². The van der Waals surface area contributed by atoms with Gasteiger partial charge in [-0.3, -0.25) is 14.5 Å². The molecule has 0 spiro atoms. The van der Waals surface area contributed by atoms with Gasteiger partial charge in [0, 0.05) is 6.54 Å². The summed E-state index contributed by atoms with van der Waals surface area (Å²) < 4.78 is 34.2. The molecule has 4 rings (SSSR count). The zero-order valence-electron chi connectivity index (χ0n) is 19.0. The number of ether oxygens (including phenoxy) is 1. The number of fused-ring (bicyclic) bond motifs is 1. The molecule has 0 radical (unpaired) electrons. The smallest absolute Gasteiger partial charge is 0.244 e. The molecule has 2 amide bonds. The minimum Gasteiger partial charge on any atom is -0.495 e. The molecule has 2 fully saturated rings. The number of hydrogen-bond acceptors (Lipinski definition) is 5. The number of benzene rings is 2. The standard InChI is InChI=1S/C25H30N2O5S/c1-17(19-8-4-3-5-9-19)15-26-33(30,31)23-14-18(12-13-22(23)32-2)16-27-24(28)20-10-6-7-11-21(20)25(27)29/h3-5,8-9,12-14,17,20-21,26H,6-7,10-11,15-16H2,1-2H3/t17-,20-,21-/m1/s1. The largest absolute Gasteiger partial charge is 0.495 e. The van der Waals surface area contributed by atoms with Gasteiger partial charge in [0.05, 0.1) is 25.5 Å².